The molecule has 2 atom stereocenters. The second kappa shape index (κ2) is 7.04. The predicted octanol–water partition coefficient (Wildman–Crippen LogP) is 2.20. The van der Waals surface area contributed by atoms with Crippen molar-refractivity contribution in [1.82, 2.24) is 4.90 Å². The molecule has 0 saturated carbocycles. The molecule has 0 radical (unpaired) electrons. The van der Waals surface area contributed by atoms with E-state index < -0.39 is 5.54 Å². The Hall–Kier alpha value is -0.900. The summed E-state index contributed by atoms with van der Waals surface area (Å²) in [7, 11) is 2.08. The Morgan fingerprint density at radius 2 is 1.79 bits per heavy atom. The lowest BCUT2D eigenvalue weighted by Crippen LogP contribution is -2.51. The van der Waals surface area contributed by atoms with Crippen molar-refractivity contribution in [3.63, 3.8) is 0 Å². The summed E-state index contributed by atoms with van der Waals surface area (Å²) in [5, 5.41) is 9.70. The van der Waals surface area contributed by atoms with Gasteiger partial charge in [-0.25, -0.2) is 0 Å². The van der Waals surface area contributed by atoms with Gasteiger partial charge in [0, 0.05) is 12.6 Å². The SMILES string of the molecule is CC(C)CC(C)N(C)CC(N)(CO)c1ccccc1. The van der Waals surface area contributed by atoms with E-state index in [1.807, 2.05) is 30.3 Å². The summed E-state index contributed by atoms with van der Waals surface area (Å²) in [6.07, 6.45) is 1.13. The lowest BCUT2D eigenvalue weighted by atomic mass is 9.90. The standard InChI is InChI=1S/C16H28N2O/c1-13(2)10-14(3)18(4)11-16(17,12-19)15-8-6-5-7-9-15/h5-9,13-14,19H,10-12,17H2,1-4H3. The number of likely N-dealkylation sites (N-methyl/N-ethyl adjacent to an activating group) is 1. The van der Waals surface area contributed by atoms with Crippen LogP contribution in [0.5, 0.6) is 0 Å². The molecule has 0 amide bonds. The Labute approximate surface area is 117 Å². The first kappa shape index (κ1) is 16.2. The maximum atomic E-state index is 9.70. The zero-order valence-electron chi connectivity index (χ0n) is 12.6. The van der Waals surface area contributed by atoms with Gasteiger partial charge in [-0.2, -0.15) is 0 Å². The second-order valence-electron chi connectivity index (χ2n) is 6.07. The third kappa shape index (κ3) is 4.60. The molecule has 108 valence electrons. The van der Waals surface area contributed by atoms with Crippen molar-refractivity contribution in [3.8, 4) is 0 Å². The van der Waals surface area contributed by atoms with Crippen molar-refractivity contribution < 1.29 is 5.11 Å². The minimum absolute atomic E-state index is 0.0459. The lowest BCUT2D eigenvalue weighted by Gasteiger charge is -2.36. The molecule has 0 fully saturated rings. The first-order valence-corrected chi connectivity index (χ1v) is 7.04. The summed E-state index contributed by atoms with van der Waals surface area (Å²) in [6.45, 7) is 7.27. The van der Waals surface area contributed by atoms with Crippen LogP contribution in [0.2, 0.25) is 0 Å². The van der Waals surface area contributed by atoms with Crippen LogP contribution in [-0.4, -0.2) is 36.2 Å². The Bertz CT molecular complexity index is 366. The van der Waals surface area contributed by atoms with E-state index >= 15 is 0 Å². The van der Waals surface area contributed by atoms with E-state index in [1.165, 1.54) is 0 Å². The summed E-state index contributed by atoms with van der Waals surface area (Å²) in [4.78, 5) is 2.24. The third-order valence-corrected chi connectivity index (χ3v) is 3.73. The van der Waals surface area contributed by atoms with Crippen molar-refractivity contribution in [2.45, 2.75) is 38.8 Å². The molecule has 0 aliphatic rings. The number of hydrogen-bond acceptors (Lipinski definition) is 3. The maximum Gasteiger partial charge on any atom is 0.0772 e. The molecule has 0 heterocycles. The molecule has 19 heavy (non-hydrogen) atoms. The van der Waals surface area contributed by atoms with Gasteiger partial charge in [-0.1, -0.05) is 44.2 Å². The maximum absolute atomic E-state index is 9.70. The highest BCUT2D eigenvalue weighted by Gasteiger charge is 2.29. The smallest absolute Gasteiger partial charge is 0.0772 e. The van der Waals surface area contributed by atoms with E-state index in [1.54, 1.807) is 0 Å². The highest BCUT2D eigenvalue weighted by Crippen LogP contribution is 2.21. The molecule has 0 spiro atoms. The minimum Gasteiger partial charge on any atom is -0.394 e. The topological polar surface area (TPSA) is 49.5 Å². The number of rotatable bonds is 7. The summed E-state index contributed by atoms with van der Waals surface area (Å²) >= 11 is 0. The van der Waals surface area contributed by atoms with E-state index in [2.05, 4.69) is 32.7 Å². The van der Waals surface area contributed by atoms with Crippen LogP contribution in [0.25, 0.3) is 0 Å². The van der Waals surface area contributed by atoms with Gasteiger partial charge in [0.1, 0.15) is 0 Å². The molecule has 3 N–H and O–H groups in total. The molecule has 2 unspecified atom stereocenters. The molecular weight excluding hydrogens is 236 g/mol. The third-order valence-electron chi connectivity index (χ3n) is 3.73. The van der Waals surface area contributed by atoms with Crippen molar-refractivity contribution in [1.29, 1.82) is 0 Å². The first-order chi connectivity index (χ1) is 8.89. The van der Waals surface area contributed by atoms with E-state index in [0.29, 0.717) is 18.5 Å². The molecule has 0 bridgehead atoms. The van der Waals surface area contributed by atoms with Crippen LogP contribution in [0.1, 0.15) is 32.8 Å². The average molecular weight is 264 g/mol. The molecule has 1 aromatic carbocycles. The summed E-state index contributed by atoms with van der Waals surface area (Å²) in [6, 6.07) is 10.3. The Kier molecular flexibility index (Phi) is 5.98. The van der Waals surface area contributed by atoms with E-state index in [0.717, 1.165) is 12.0 Å². The second-order valence-corrected chi connectivity index (χ2v) is 6.07. The summed E-state index contributed by atoms with van der Waals surface area (Å²) < 4.78 is 0. The lowest BCUT2D eigenvalue weighted by molar-refractivity contribution is 0.123. The Balaban J connectivity index is 2.76. The van der Waals surface area contributed by atoms with Gasteiger partial charge in [0.15, 0.2) is 0 Å². The molecular formula is C16H28N2O. The average Bonchev–Trinajstić information content (AvgIpc) is 2.38. The van der Waals surface area contributed by atoms with Gasteiger partial charge < -0.3 is 15.7 Å². The van der Waals surface area contributed by atoms with Gasteiger partial charge in [-0.15, -0.1) is 0 Å². The van der Waals surface area contributed by atoms with Crippen LogP contribution in [0.3, 0.4) is 0 Å². The van der Waals surface area contributed by atoms with Crippen molar-refractivity contribution in [2.24, 2.45) is 11.7 Å². The molecule has 0 saturated heterocycles. The first-order valence-electron chi connectivity index (χ1n) is 7.04. The Morgan fingerprint density at radius 1 is 1.21 bits per heavy atom. The molecule has 1 rings (SSSR count). The zero-order chi connectivity index (χ0) is 14.5. The molecule has 3 heteroatoms. The van der Waals surface area contributed by atoms with Gasteiger partial charge in [0.2, 0.25) is 0 Å². The number of aliphatic hydroxyl groups is 1. The van der Waals surface area contributed by atoms with Crippen LogP contribution < -0.4 is 5.73 Å². The van der Waals surface area contributed by atoms with Crippen LogP contribution >= 0.6 is 0 Å². The van der Waals surface area contributed by atoms with Crippen molar-refractivity contribution in [2.75, 3.05) is 20.2 Å². The monoisotopic (exact) mass is 264 g/mol. The zero-order valence-corrected chi connectivity index (χ0v) is 12.6. The fraction of sp³-hybridized carbons (Fsp3) is 0.625. The number of aliphatic hydroxyl groups excluding tert-OH is 1. The van der Waals surface area contributed by atoms with Crippen molar-refractivity contribution in [3.05, 3.63) is 35.9 Å². The number of nitrogens with two attached hydrogens (primary N) is 1. The normalized spacial score (nSPS) is 16.6. The fourth-order valence-electron chi connectivity index (χ4n) is 2.47. The van der Waals surface area contributed by atoms with E-state index in [9.17, 15) is 5.11 Å². The largest absolute Gasteiger partial charge is 0.394 e. The number of benzene rings is 1. The number of nitrogens with zero attached hydrogens (tertiary/aromatic N) is 1. The van der Waals surface area contributed by atoms with E-state index in [4.69, 9.17) is 5.73 Å². The van der Waals surface area contributed by atoms with Gasteiger partial charge in [0.05, 0.1) is 12.1 Å². The molecule has 3 nitrogen and oxygen atoms in total. The fourth-order valence-corrected chi connectivity index (χ4v) is 2.47. The molecule has 0 aliphatic heterocycles. The molecule has 1 aromatic rings. The number of hydrogen-bond donors (Lipinski definition) is 2. The van der Waals surface area contributed by atoms with Crippen LogP contribution in [-0.2, 0) is 5.54 Å². The Morgan fingerprint density at radius 3 is 2.26 bits per heavy atom. The summed E-state index contributed by atoms with van der Waals surface area (Å²) in [5.41, 5.74) is 6.69. The highest BCUT2D eigenvalue weighted by atomic mass is 16.3. The molecule has 0 aliphatic carbocycles. The quantitative estimate of drug-likeness (QED) is 0.794. The van der Waals surface area contributed by atoms with Gasteiger partial charge in [-0.3, -0.25) is 0 Å². The van der Waals surface area contributed by atoms with Gasteiger partial charge >= 0.3 is 0 Å². The van der Waals surface area contributed by atoms with Crippen LogP contribution in [0.15, 0.2) is 30.3 Å². The van der Waals surface area contributed by atoms with E-state index in [-0.39, 0.29) is 6.61 Å². The molecule has 0 aromatic heterocycles. The van der Waals surface area contributed by atoms with Crippen LogP contribution in [0.4, 0.5) is 0 Å². The summed E-state index contributed by atoms with van der Waals surface area (Å²) in [5.74, 6) is 0.662. The van der Waals surface area contributed by atoms with Gasteiger partial charge in [-0.05, 0) is 31.9 Å². The van der Waals surface area contributed by atoms with Crippen molar-refractivity contribution >= 4 is 0 Å². The minimum atomic E-state index is -0.693. The van der Waals surface area contributed by atoms with Gasteiger partial charge in [0.25, 0.3) is 0 Å². The van der Waals surface area contributed by atoms with Crippen LogP contribution in [0, 0.1) is 5.92 Å². The predicted molar refractivity (Wildman–Crippen MR) is 80.9 cm³/mol. The highest BCUT2D eigenvalue weighted by molar-refractivity contribution is 5.24.